The summed E-state index contributed by atoms with van der Waals surface area (Å²) in [7, 11) is 4.35. The monoisotopic (exact) mass is 259 g/mol. The lowest BCUT2D eigenvalue weighted by Crippen LogP contribution is -2.37. The van der Waals surface area contributed by atoms with E-state index in [1.54, 1.807) is 0 Å². The first-order valence-corrected chi connectivity index (χ1v) is 7.52. The summed E-state index contributed by atoms with van der Waals surface area (Å²) in [6, 6.07) is 7.67. The molecule has 1 N–H and O–H groups in total. The van der Waals surface area contributed by atoms with Crippen LogP contribution in [0.5, 0.6) is 0 Å². The molecule has 1 fully saturated rings. The largest absolute Gasteiger partial charge is 0.385 e. The second kappa shape index (κ2) is 5.41. The molecule has 1 aromatic carbocycles. The van der Waals surface area contributed by atoms with Crippen LogP contribution in [0.15, 0.2) is 18.2 Å². The number of likely N-dealkylation sites (N-methyl/N-ethyl adjacent to an activating group) is 1. The summed E-state index contributed by atoms with van der Waals surface area (Å²) in [6.45, 7) is 3.50. The molecule has 2 aliphatic heterocycles. The quantitative estimate of drug-likeness (QED) is 0.900. The summed E-state index contributed by atoms with van der Waals surface area (Å²) in [5.41, 5.74) is 4.27. The molecule has 0 bridgehead atoms. The van der Waals surface area contributed by atoms with Gasteiger partial charge in [0.1, 0.15) is 0 Å². The molecule has 1 atom stereocenters. The zero-order chi connectivity index (χ0) is 13.2. The third-order valence-electron chi connectivity index (χ3n) is 4.31. The van der Waals surface area contributed by atoms with Crippen molar-refractivity contribution < 1.29 is 0 Å². The minimum atomic E-state index is 0.685. The van der Waals surface area contributed by atoms with Gasteiger partial charge in [-0.3, -0.25) is 0 Å². The maximum Gasteiger partial charge on any atom is 0.0417 e. The van der Waals surface area contributed by atoms with E-state index in [0.717, 1.165) is 13.1 Å². The van der Waals surface area contributed by atoms with Gasteiger partial charge in [0.15, 0.2) is 0 Å². The van der Waals surface area contributed by atoms with Crippen LogP contribution in [0.3, 0.4) is 0 Å². The highest BCUT2D eigenvalue weighted by Crippen LogP contribution is 2.31. The maximum atomic E-state index is 3.50. The van der Waals surface area contributed by atoms with Crippen LogP contribution in [0, 0.1) is 0 Å². The fourth-order valence-electron chi connectivity index (χ4n) is 3.43. The Labute approximate surface area is 116 Å². The van der Waals surface area contributed by atoms with Crippen molar-refractivity contribution in [3.8, 4) is 0 Å². The maximum absolute atomic E-state index is 3.50. The van der Waals surface area contributed by atoms with Gasteiger partial charge in [-0.1, -0.05) is 0 Å². The lowest BCUT2D eigenvalue weighted by molar-refractivity contribution is 0.372. The molecule has 1 saturated heterocycles. The average molecular weight is 259 g/mol. The molecule has 2 aliphatic rings. The fraction of sp³-hybridized carbons (Fsp3) is 0.625. The molecular weight excluding hydrogens is 234 g/mol. The van der Waals surface area contributed by atoms with E-state index in [-0.39, 0.29) is 0 Å². The summed E-state index contributed by atoms with van der Waals surface area (Å²) in [5, 5.41) is 3.50. The minimum Gasteiger partial charge on any atom is -0.385 e. The van der Waals surface area contributed by atoms with Crippen molar-refractivity contribution in [1.29, 1.82) is 0 Å². The molecule has 3 rings (SSSR count). The molecule has 3 heteroatoms. The van der Waals surface area contributed by atoms with Gasteiger partial charge in [0, 0.05) is 37.1 Å². The highest BCUT2D eigenvalue weighted by atomic mass is 15.2. The standard InChI is InChI=1S/C16H25N3/c1-18(2)12-15-6-4-10-19(15)14-7-8-16-13(11-14)5-3-9-17-16/h7-8,11,15,17H,3-6,9-10,12H2,1-2H3. The van der Waals surface area contributed by atoms with Crippen LogP contribution >= 0.6 is 0 Å². The molecule has 0 aliphatic carbocycles. The first-order valence-electron chi connectivity index (χ1n) is 7.52. The van der Waals surface area contributed by atoms with E-state index < -0.39 is 0 Å². The zero-order valence-electron chi connectivity index (χ0n) is 12.2. The molecule has 19 heavy (non-hydrogen) atoms. The predicted octanol–water partition coefficient (Wildman–Crippen LogP) is 2.58. The third-order valence-corrected chi connectivity index (χ3v) is 4.31. The van der Waals surface area contributed by atoms with Gasteiger partial charge in [-0.15, -0.1) is 0 Å². The summed E-state index contributed by atoms with van der Waals surface area (Å²) < 4.78 is 0. The summed E-state index contributed by atoms with van der Waals surface area (Å²) in [6.07, 6.45) is 5.14. The van der Waals surface area contributed by atoms with Crippen LogP contribution in [0.2, 0.25) is 0 Å². The van der Waals surface area contributed by atoms with Crippen LogP contribution in [0.1, 0.15) is 24.8 Å². The van der Waals surface area contributed by atoms with Gasteiger partial charge in [0.2, 0.25) is 0 Å². The Hall–Kier alpha value is -1.22. The second-order valence-electron chi connectivity index (χ2n) is 6.12. The third kappa shape index (κ3) is 2.71. The van der Waals surface area contributed by atoms with Gasteiger partial charge in [-0.2, -0.15) is 0 Å². The number of aryl methyl sites for hydroxylation is 1. The van der Waals surface area contributed by atoms with Crippen LogP contribution in [0.25, 0.3) is 0 Å². The normalized spacial score (nSPS) is 22.5. The molecule has 0 spiro atoms. The van der Waals surface area contributed by atoms with E-state index >= 15 is 0 Å². The zero-order valence-corrected chi connectivity index (χ0v) is 12.2. The van der Waals surface area contributed by atoms with E-state index in [2.05, 4.69) is 47.4 Å². The van der Waals surface area contributed by atoms with Gasteiger partial charge < -0.3 is 15.1 Å². The Morgan fingerprint density at radius 1 is 1.32 bits per heavy atom. The molecule has 1 unspecified atom stereocenters. The highest BCUT2D eigenvalue weighted by Gasteiger charge is 2.25. The van der Waals surface area contributed by atoms with Gasteiger partial charge in [0.05, 0.1) is 0 Å². The van der Waals surface area contributed by atoms with Crippen molar-refractivity contribution in [2.75, 3.05) is 43.9 Å². The van der Waals surface area contributed by atoms with Gasteiger partial charge >= 0.3 is 0 Å². The molecule has 0 amide bonds. The number of nitrogens with zero attached hydrogens (tertiary/aromatic N) is 2. The lowest BCUT2D eigenvalue weighted by Gasteiger charge is -2.30. The van der Waals surface area contributed by atoms with Crippen LogP contribution in [0.4, 0.5) is 11.4 Å². The number of hydrogen-bond donors (Lipinski definition) is 1. The van der Waals surface area contributed by atoms with Crippen molar-refractivity contribution in [2.24, 2.45) is 0 Å². The van der Waals surface area contributed by atoms with Crippen molar-refractivity contribution >= 4 is 11.4 Å². The number of nitrogens with one attached hydrogen (secondary N) is 1. The number of fused-ring (bicyclic) bond motifs is 1. The molecule has 104 valence electrons. The van der Waals surface area contributed by atoms with Gasteiger partial charge in [0.25, 0.3) is 0 Å². The minimum absolute atomic E-state index is 0.685. The van der Waals surface area contributed by atoms with Crippen molar-refractivity contribution in [1.82, 2.24) is 4.90 Å². The first-order chi connectivity index (χ1) is 9.24. The Bertz CT molecular complexity index is 442. The summed E-state index contributed by atoms with van der Waals surface area (Å²) in [5.74, 6) is 0. The Kier molecular flexibility index (Phi) is 3.65. The number of hydrogen-bond acceptors (Lipinski definition) is 3. The molecule has 0 saturated carbocycles. The van der Waals surface area contributed by atoms with Crippen LogP contribution in [-0.2, 0) is 6.42 Å². The fourth-order valence-corrected chi connectivity index (χ4v) is 3.43. The van der Waals surface area contributed by atoms with E-state index in [1.807, 2.05) is 0 Å². The number of benzene rings is 1. The van der Waals surface area contributed by atoms with Crippen LogP contribution in [-0.4, -0.2) is 44.7 Å². The summed E-state index contributed by atoms with van der Waals surface area (Å²) >= 11 is 0. The number of rotatable bonds is 3. The molecule has 3 nitrogen and oxygen atoms in total. The SMILES string of the molecule is CN(C)CC1CCCN1c1ccc2c(c1)CCCN2. The highest BCUT2D eigenvalue weighted by molar-refractivity contribution is 5.62. The van der Waals surface area contributed by atoms with Crippen molar-refractivity contribution in [3.05, 3.63) is 23.8 Å². The number of anilines is 2. The average Bonchev–Trinajstić information content (AvgIpc) is 2.85. The molecule has 2 heterocycles. The van der Waals surface area contributed by atoms with Crippen LogP contribution < -0.4 is 10.2 Å². The molecule has 0 aromatic heterocycles. The van der Waals surface area contributed by atoms with Gasteiger partial charge in [-0.05, 0) is 63.5 Å². The smallest absolute Gasteiger partial charge is 0.0417 e. The molecular formula is C16H25N3. The lowest BCUT2D eigenvalue weighted by atomic mass is 10.0. The Morgan fingerprint density at radius 3 is 3.05 bits per heavy atom. The van der Waals surface area contributed by atoms with Gasteiger partial charge in [-0.25, -0.2) is 0 Å². The van der Waals surface area contributed by atoms with Crippen molar-refractivity contribution in [3.63, 3.8) is 0 Å². The van der Waals surface area contributed by atoms with E-state index in [0.29, 0.717) is 6.04 Å². The van der Waals surface area contributed by atoms with E-state index in [4.69, 9.17) is 0 Å². The molecule has 1 aromatic rings. The summed E-state index contributed by atoms with van der Waals surface area (Å²) in [4.78, 5) is 4.91. The Morgan fingerprint density at radius 2 is 2.21 bits per heavy atom. The van der Waals surface area contributed by atoms with E-state index in [1.165, 1.54) is 49.2 Å². The van der Waals surface area contributed by atoms with E-state index in [9.17, 15) is 0 Å². The topological polar surface area (TPSA) is 18.5 Å². The first kappa shape index (κ1) is 12.8. The molecule has 0 radical (unpaired) electrons. The Balaban J connectivity index is 1.81. The predicted molar refractivity (Wildman–Crippen MR) is 82.2 cm³/mol. The van der Waals surface area contributed by atoms with Crippen molar-refractivity contribution in [2.45, 2.75) is 31.7 Å². The second-order valence-corrected chi connectivity index (χ2v) is 6.12.